The zero-order valence-electron chi connectivity index (χ0n) is 13.2. The van der Waals surface area contributed by atoms with Gasteiger partial charge in [0.05, 0.1) is 20.0 Å². The summed E-state index contributed by atoms with van der Waals surface area (Å²) in [5, 5.41) is 4.54. The third kappa shape index (κ3) is 3.31. The molecule has 3 nitrogen and oxygen atoms in total. The van der Waals surface area contributed by atoms with Gasteiger partial charge in [-0.3, -0.25) is 4.79 Å². The number of nitrogens with zero attached hydrogens (tertiary/aromatic N) is 1. The van der Waals surface area contributed by atoms with E-state index in [4.69, 9.17) is 11.6 Å². The largest absolute Gasteiger partial charge is 0.321 e. The first-order chi connectivity index (χ1) is 12.1. The maximum absolute atomic E-state index is 12.5. The Morgan fingerprint density at radius 3 is 2.72 bits per heavy atom. The molecule has 0 spiro atoms. The number of amides is 1. The van der Waals surface area contributed by atoms with Crippen LogP contribution in [0, 0.1) is 6.92 Å². The predicted octanol–water partition coefficient (Wildman–Crippen LogP) is 6.24. The summed E-state index contributed by atoms with van der Waals surface area (Å²) in [7, 11) is 0. The second-order valence-corrected chi connectivity index (χ2v) is 8.11. The van der Waals surface area contributed by atoms with Gasteiger partial charge in [-0.15, -0.1) is 22.7 Å². The molecule has 2 heterocycles. The van der Waals surface area contributed by atoms with Crippen molar-refractivity contribution in [2.24, 2.45) is 0 Å². The number of hydrogen-bond acceptors (Lipinski definition) is 4. The van der Waals surface area contributed by atoms with E-state index in [2.05, 4.69) is 16.4 Å². The van der Waals surface area contributed by atoms with E-state index >= 15 is 0 Å². The minimum atomic E-state index is -0.122. The molecule has 124 valence electrons. The van der Waals surface area contributed by atoms with E-state index in [1.807, 2.05) is 49.4 Å². The Kier molecular flexibility index (Phi) is 4.29. The average Bonchev–Trinajstić information content (AvgIpc) is 3.23. The lowest BCUT2D eigenvalue weighted by atomic mass is 10.2. The second kappa shape index (κ2) is 6.59. The molecule has 0 radical (unpaired) electrons. The number of para-hydroxylation sites is 1. The van der Waals surface area contributed by atoms with E-state index in [-0.39, 0.29) is 5.91 Å². The van der Waals surface area contributed by atoms with E-state index < -0.39 is 0 Å². The van der Waals surface area contributed by atoms with Gasteiger partial charge in [-0.2, -0.15) is 0 Å². The molecular weight excluding hydrogens is 372 g/mol. The fraction of sp³-hybridized carbons (Fsp3) is 0.0526. The zero-order chi connectivity index (χ0) is 17.4. The summed E-state index contributed by atoms with van der Waals surface area (Å²) in [6.45, 7) is 1.92. The second-order valence-electron chi connectivity index (χ2n) is 5.56. The van der Waals surface area contributed by atoms with Gasteiger partial charge in [0, 0.05) is 10.7 Å². The first-order valence-corrected chi connectivity index (χ1v) is 9.64. The van der Waals surface area contributed by atoms with Crippen molar-refractivity contribution in [2.45, 2.75) is 6.92 Å². The zero-order valence-corrected chi connectivity index (χ0v) is 15.6. The smallest absolute Gasteiger partial charge is 0.265 e. The van der Waals surface area contributed by atoms with Crippen LogP contribution in [-0.2, 0) is 0 Å². The number of hydrogen-bond donors (Lipinski definition) is 1. The number of carbonyl (C=O) groups is 1. The fourth-order valence-electron chi connectivity index (χ4n) is 2.50. The van der Waals surface area contributed by atoms with Gasteiger partial charge >= 0.3 is 0 Å². The molecule has 2 aromatic heterocycles. The van der Waals surface area contributed by atoms with Crippen LogP contribution in [0.3, 0.4) is 0 Å². The van der Waals surface area contributed by atoms with Crippen molar-refractivity contribution >= 4 is 56.1 Å². The van der Waals surface area contributed by atoms with Crippen LogP contribution in [0.1, 0.15) is 15.2 Å². The molecule has 4 rings (SSSR count). The molecule has 4 aromatic rings. The normalized spacial score (nSPS) is 11.0. The lowest BCUT2D eigenvalue weighted by molar-refractivity contribution is 0.103. The Bertz CT molecular complexity index is 1050. The lowest BCUT2D eigenvalue weighted by Crippen LogP contribution is -2.10. The summed E-state index contributed by atoms with van der Waals surface area (Å²) in [4.78, 5) is 18.8. The highest BCUT2D eigenvalue weighted by Crippen LogP contribution is 2.34. The molecule has 0 saturated carbocycles. The molecule has 25 heavy (non-hydrogen) atoms. The van der Waals surface area contributed by atoms with E-state index in [9.17, 15) is 4.79 Å². The molecule has 0 bridgehead atoms. The van der Waals surface area contributed by atoms with Gasteiger partial charge in [0.25, 0.3) is 5.91 Å². The summed E-state index contributed by atoms with van der Waals surface area (Å²) in [6, 6.07) is 17.3. The van der Waals surface area contributed by atoms with Gasteiger partial charge in [0.2, 0.25) is 0 Å². The van der Waals surface area contributed by atoms with Crippen LogP contribution in [0.4, 0.5) is 5.69 Å². The molecular formula is C19H13ClN2OS2. The molecule has 2 aromatic carbocycles. The van der Waals surface area contributed by atoms with Crippen LogP contribution in [-0.4, -0.2) is 10.9 Å². The quantitative estimate of drug-likeness (QED) is 0.454. The fourth-order valence-corrected chi connectivity index (χ4v) is 4.65. The molecule has 0 unspecified atom stereocenters. The number of anilines is 1. The molecule has 0 aliphatic carbocycles. The third-order valence-corrected chi connectivity index (χ3v) is 6.30. The first-order valence-electron chi connectivity index (χ1n) is 7.63. The SMILES string of the molecule is Cc1cc(Cl)ccc1NC(=O)c1ccc(-c2nc3ccccc3s2)s1. The van der Waals surface area contributed by atoms with Gasteiger partial charge in [-0.05, 0) is 55.0 Å². The highest BCUT2D eigenvalue weighted by atomic mass is 35.5. The van der Waals surface area contributed by atoms with E-state index in [0.717, 1.165) is 31.4 Å². The summed E-state index contributed by atoms with van der Waals surface area (Å²) >= 11 is 9.04. The number of aromatic nitrogens is 1. The monoisotopic (exact) mass is 384 g/mol. The maximum atomic E-state index is 12.5. The van der Waals surface area contributed by atoms with Gasteiger partial charge in [-0.1, -0.05) is 23.7 Å². The van der Waals surface area contributed by atoms with Crippen LogP contribution in [0.25, 0.3) is 20.1 Å². The van der Waals surface area contributed by atoms with Crippen molar-refractivity contribution in [3.63, 3.8) is 0 Å². The third-order valence-electron chi connectivity index (χ3n) is 3.77. The Morgan fingerprint density at radius 1 is 1.08 bits per heavy atom. The molecule has 6 heteroatoms. The number of benzene rings is 2. The Hall–Kier alpha value is -2.21. The summed E-state index contributed by atoms with van der Waals surface area (Å²) in [5.74, 6) is -0.122. The van der Waals surface area contributed by atoms with Crippen LogP contribution in [0.15, 0.2) is 54.6 Å². The summed E-state index contributed by atoms with van der Waals surface area (Å²) in [5.41, 5.74) is 2.69. The van der Waals surface area contributed by atoms with Crippen LogP contribution < -0.4 is 5.32 Å². The van der Waals surface area contributed by atoms with Gasteiger partial charge in [0.1, 0.15) is 5.01 Å². The topological polar surface area (TPSA) is 42.0 Å². The molecule has 0 aliphatic rings. The van der Waals surface area contributed by atoms with Crippen molar-refractivity contribution in [1.82, 2.24) is 4.98 Å². The number of fused-ring (bicyclic) bond motifs is 1. The van der Waals surface area contributed by atoms with Crippen molar-refractivity contribution in [3.05, 3.63) is 70.1 Å². The van der Waals surface area contributed by atoms with E-state index in [1.54, 1.807) is 17.4 Å². The number of thiophene rings is 1. The summed E-state index contributed by atoms with van der Waals surface area (Å²) in [6.07, 6.45) is 0. The predicted molar refractivity (Wildman–Crippen MR) is 107 cm³/mol. The van der Waals surface area contributed by atoms with Crippen LogP contribution in [0.5, 0.6) is 0 Å². The molecule has 0 saturated heterocycles. The minimum Gasteiger partial charge on any atom is -0.321 e. The molecule has 0 fully saturated rings. The van der Waals surface area contributed by atoms with Crippen molar-refractivity contribution in [3.8, 4) is 9.88 Å². The Labute approximate surface area is 157 Å². The van der Waals surface area contributed by atoms with E-state index in [0.29, 0.717) is 9.90 Å². The van der Waals surface area contributed by atoms with Crippen LogP contribution in [0.2, 0.25) is 5.02 Å². The van der Waals surface area contributed by atoms with Crippen molar-refractivity contribution < 1.29 is 4.79 Å². The van der Waals surface area contributed by atoms with Gasteiger partial charge in [-0.25, -0.2) is 4.98 Å². The Balaban J connectivity index is 1.58. The number of carbonyl (C=O) groups excluding carboxylic acids is 1. The van der Waals surface area contributed by atoms with Gasteiger partial charge < -0.3 is 5.32 Å². The lowest BCUT2D eigenvalue weighted by Gasteiger charge is -2.07. The average molecular weight is 385 g/mol. The van der Waals surface area contributed by atoms with Crippen LogP contribution >= 0.6 is 34.3 Å². The summed E-state index contributed by atoms with van der Waals surface area (Å²) < 4.78 is 1.15. The molecule has 0 aliphatic heterocycles. The highest BCUT2D eigenvalue weighted by molar-refractivity contribution is 7.26. The number of aryl methyl sites for hydroxylation is 1. The van der Waals surface area contributed by atoms with Crippen molar-refractivity contribution in [2.75, 3.05) is 5.32 Å². The first kappa shape index (κ1) is 16.3. The van der Waals surface area contributed by atoms with E-state index in [1.165, 1.54) is 11.3 Å². The Morgan fingerprint density at radius 2 is 1.92 bits per heavy atom. The maximum Gasteiger partial charge on any atom is 0.265 e. The minimum absolute atomic E-state index is 0.122. The highest BCUT2D eigenvalue weighted by Gasteiger charge is 2.14. The standard InChI is InChI=1S/C19H13ClN2OS2/c1-11-10-12(20)6-7-13(11)21-18(23)16-8-9-17(24-16)19-22-14-4-2-3-5-15(14)25-19/h2-10H,1H3,(H,21,23). The molecule has 1 amide bonds. The number of halogens is 1. The molecule has 1 N–H and O–H groups in total. The number of thiazole rings is 1. The number of nitrogens with one attached hydrogen (secondary N) is 1. The molecule has 0 atom stereocenters. The van der Waals surface area contributed by atoms with Crippen molar-refractivity contribution in [1.29, 1.82) is 0 Å². The number of rotatable bonds is 3. The van der Waals surface area contributed by atoms with Gasteiger partial charge in [0.15, 0.2) is 0 Å².